The zero-order chi connectivity index (χ0) is 19.3. The Kier molecular flexibility index (Phi) is 6.30. The fraction of sp³-hybridized carbons (Fsp3) is 0.375. The smallest absolute Gasteiger partial charge is 0.326 e. The molecule has 0 bridgehead atoms. The molecular weight excluding hydrogens is 369 g/mol. The molecule has 0 unspecified atom stereocenters. The third-order valence-corrected chi connectivity index (χ3v) is 4.52. The zero-order valence-electron chi connectivity index (χ0n) is 14.1. The van der Waals surface area contributed by atoms with E-state index in [1.165, 1.54) is 12.1 Å². The Morgan fingerprint density at radius 2 is 1.85 bits per heavy atom. The number of benzene rings is 1. The van der Waals surface area contributed by atoms with Crippen LogP contribution in [0.3, 0.4) is 0 Å². The Bertz CT molecular complexity index is 788. The summed E-state index contributed by atoms with van der Waals surface area (Å²) in [6.45, 7) is 3.82. The Balaban J connectivity index is 2.08. The van der Waals surface area contributed by atoms with Crippen molar-refractivity contribution in [3.63, 3.8) is 0 Å². The first kappa shape index (κ1) is 19.8. The monoisotopic (exact) mass is 386 g/mol. The maximum atomic E-state index is 12.5. The normalized spacial score (nSPS) is 11.5. The van der Waals surface area contributed by atoms with E-state index >= 15 is 0 Å². The summed E-state index contributed by atoms with van der Waals surface area (Å²) in [5.74, 6) is -0.922. The van der Waals surface area contributed by atoms with Crippen LogP contribution >= 0.6 is 11.3 Å². The van der Waals surface area contributed by atoms with Gasteiger partial charge in [0.15, 0.2) is 0 Å². The third kappa shape index (κ3) is 5.01. The molecule has 2 aromatic rings. The highest BCUT2D eigenvalue weighted by Crippen LogP contribution is 2.33. The Morgan fingerprint density at radius 3 is 2.42 bits per heavy atom. The van der Waals surface area contributed by atoms with Gasteiger partial charge in [0.05, 0.1) is 0 Å². The number of carbonyl (C=O) groups excluding carboxylic acids is 2. The summed E-state index contributed by atoms with van der Waals surface area (Å²) in [5, 5.41) is 9.92. The summed E-state index contributed by atoms with van der Waals surface area (Å²) < 4.78 is 37.5. The van der Waals surface area contributed by atoms with Gasteiger partial charge in [0.1, 0.15) is 0 Å². The maximum Gasteiger partial charge on any atom is 0.445 e. The molecule has 2 rings (SSSR count). The number of hydrogen-bond donors (Lipinski definition) is 2. The largest absolute Gasteiger partial charge is 0.445 e. The molecule has 1 heterocycles. The highest BCUT2D eigenvalue weighted by Gasteiger charge is 2.35. The van der Waals surface area contributed by atoms with Crippen LogP contribution in [0.5, 0.6) is 0 Å². The lowest BCUT2D eigenvalue weighted by Gasteiger charge is -2.13. The van der Waals surface area contributed by atoms with Crippen molar-refractivity contribution in [1.82, 2.24) is 10.2 Å². The van der Waals surface area contributed by atoms with E-state index in [0.717, 1.165) is 0 Å². The molecule has 26 heavy (non-hydrogen) atoms. The van der Waals surface area contributed by atoms with Crippen LogP contribution in [0, 0.1) is 5.92 Å². The van der Waals surface area contributed by atoms with E-state index in [1.807, 2.05) is 13.8 Å². The number of nitrogens with zero attached hydrogens (tertiary/aromatic N) is 2. The first-order valence-electron chi connectivity index (χ1n) is 7.87. The van der Waals surface area contributed by atoms with Gasteiger partial charge in [-0.2, -0.15) is 13.2 Å². The first-order chi connectivity index (χ1) is 12.2. The van der Waals surface area contributed by atoms with Crippen LogP contribution in [0.25, 0.3) is 0 Å². The van der Waals surface area contributed by atoms with Crippen molar-refractivity contribution < 1.29 is 22.8 Å². The molecule has 10 heteroatoms. The van der Waals surface area contributed by atoms with Gasteiger partial charge in [-0.3, -0.25) is 14.9 Å². The summed E-state index contributed by atoms with van der Waals surface area (Å²) in [4.78, 5) is 24.3. The van der Waals surface area contributed by atoms with Crippen LogP contribution in [-0.4, -0.2) is 22.0 Å². The van der Waals surface area contributed by atoms with Crippen molar-refractivity contribution in [3.05, 3.63) is 34.8 Å². The van der Waals surface area contributed by atoms with Gasteiger partial charge >= 0.3 is 6.18 Å². The van der Waals surface area contributed by atoms with Crippen LogP contribution in [0.1, 0.15) is 42.1 Å². The van der Waals surface area contributed by atoms with E-state index in [0.29, 0.717) is 18.5 Å². The molecule has 2 N–H and O–H groups in total. The van der Waals surface area contributed by atoms with Gasteiger partial charge in [-0.25, -0.2) is 0 Å². The second kappa shape index (κ2) is 8.26. The standard InChI is InChI=1S/C16H17F3N4O2S/c1-3-9(4-2)12(24)20-11-7-5-6-10(8-11)13(25)21-15-23-22-14(26-15)16(17,18)19/h5-9H,3-4H2,1-2H3,(H,20,24)(H,21,23,25). The van der Waals surface area contributed by atoms with Crippen molar-refractivity contribution in [2.45, 2.75) is 32.9 Å². The fourth-order valence-electron chi connectivity index (χ4n) is 2.20. The highest BCUT2D eigenvalue weighted by atomic mass is 32.1. The quantitative estimate of drug-likeness (QED) is 0.780. The van der Waals surface area contributed by atoms with Crippen LogP contribution in [0.4, 0.5) is 24.0 Å². The van der Waals surface area contributed by atoms with Crippen molar-refractivity contribution >= 4 is 34.0 Å². The van der Waals surface area contributed by atoms with Gasteiger partial charge in [0.2, 0.25) is 16.0 Å². The van der Waals surface area contributed by atoms with E-state index in [4.69, 9.17) is 0 Å². The predicted molar refractivity (Wildman–Crippen MR) is 92.0 cm³/mol. The molecule has 0 spiro atoms. The lowest BCUT2D eigenvalue weighted by molar-refractivity contribution is -0.138. The summed E-state index contributed by atoms with van der Waals surface area (Å²) in [6, 6.07) is 6.12. The molecule has 0 fully saturated rings. The van der Waals surface area contributed by atoms with Crippen LogP contribution < -0.4 is 10.6 Å². The van der Waals surface area contributed by atoms with Crippen molar-refractivity contribution in [2.24, 2.45) is 5.92 Å². The van der Waals surface area contributed by atoms with Crippen molar-refractivity contribution in [3.8, 4) is 0 Å². The van der Waals surface area contributed by atoms with E-state index in [9.17, 15) is 22.8 Å². The van der Waals surface area contributed by atoms with Crippen LogP contribution in [0.2, 0.25) is 0 Å². The average Bonchev–Trinajstić information content (AvgIpc) is 3.05. The number of halogens is 3. The summed E-state index contributed by atoms with van der Waals surface area (Å²) in [7, 11) is 0. The van der Waals surface area contributed by atoms with Gasteiger partial charge in [0, 0.05) is 17.2 Å². The number of carbonyl (C=O) groups is 2. The molecule has 140 valence electrons. The van der Waals surface area contributed by atoms with Gasteiger partial charge in [-0.15, -0.1) is 10.2 Å². The van der Waals surface area contributed by atoms with E-state index < -0.39 is 17.1 Å². The van der Waals surface area contributed by atoms with Gasteiger partial charge < -0.3 is 5.32 Å². The molecule has 6 nitrogen and oxygen atoms in total. The molecular formula is C16H17F3N4O2S. The van der Waals surface area contributed by atoms with Crippen molar-refractivity contribution in [1.29, 1.82) is 0 Å². The first-order valence-corrected chi connectivity index (χ1v) is 8.69. The summed E-state index contributed by atoms with van der Waals surface area (Å²) in [6.07, 6.45) is -3.22. The molecule has 1 aromatic heterocycles. The number of alkyl halides is 3. The molecule has 0 saturated heterocycles. The molecule has 0 aliphatic heterocycles. The Labute approximate surface area is 151 Å². The average molecular weight is 386 g/mol. The minimum absolute atomic E-state index is 0.130. The molecule has 0 radical (unpaired) electrons. The van der Waals surface area contributed by atoms with Crippen LogP contribution in [0.15, 0.2) is 24.3 Å². The minimum Gasteiger partial charge on any atom is -0.326 e. The fourth-order valence-corrected chi connectivity index (χ4v) is 2.81. The van der Waals surface area contributed by atoms with E-state index in [-0.39, 0.29) is 33.9 Å². The molecule has 1 aromatic carbocycles. The Hall–Kier alpha value is -2.49. The zero-order valence-corrected chi connectivity index (χ0v) is 14.9. The number of amides is 2. The molecule has 0 saturated carbocycles. The lowest BCUT2D eigenvalue weighted by Crippen LogP contribution is -2.22. The summed E-state index contributed by atoms with van der Waals surface area (Å²) in [5.41, 5.74) is 0.610. The second-order valence-electron chi connectivity index (χ2n) is 5.45. The lowest BCUT2D eigenvalue weighted by atomic mass is 10.0. The maximum absolute atomic E-state index is 12.5. The third-order valence-electron chi connectivity index (χ3n) is 3.64. The SMILES string of the molecule is CCC(CC)C(=O)Nc1cccc(C(=O)Nc2nnc(C(F)(F)F)s2)c1. The number of aromatic nitrogens is 2. The van der Waals surface area contributed by atoms with E-state index in [2.05, 4.69) is 20.8 Å². The number of rotatable bonds is 6. The van der Waals surface area contributed by atoms with Gasteiger partial charge in [0.25, 0.3) is 5.91 Å². The minimum atomic E-state index is -4.61. The molecule has 0 aliphatic carbocycles. The van der Waals surface area contributed by atoms with E-state index in [1.54, 1.807) is 12.1 Å². The molecule has 2 amide bonds. The van der Waals surface area contributed by atoms with Gasteiger partial charge in [-0.1, -0.05) is 31.3 Å². The number of anilines is 2. The van der Waals surface area contributed by atoms with Crippen molar-refractivity contribution in [2.75, 3.05) is 10.6 Å². The van der Waals surface area contributed by atoms with Gasteiger partial charge in [-0.05, 0) is 31.0 Å². The highest BCUT2D eigenvalue weighted by molar-refractivity contribution is 7.15. The topological polar surface area (TPSA) is 84.0 Å². The summed E-state index contributed by atoms with van der Waals surface area (Å²) >= 11 is 0.239. The molecule has 0 aliphatic rings. The Morgan fingerprint density at radius 1 is 1.15 bits per heavy atom. The molecule has 0 atom stereocenters. The second-order valence-corrected chi connectivity index (χ2v) is 6.43. The van der Waals surface area contributed by atoms with Crippen LogP contribution in [-0.2, 0) is 11.0 Å². The number of nitrogens with one attached hydrogen (secondary N) is 2. The predicted octanol–water partition coefficient (Wildman–Crippen LogP) is 4.18. The number of hydrogen-bond acceptors (Lipinski definition) is 5.